The molecule has 0 bridgehead atoms. The van der Waals surface area contributed by atoms with Gasteiger partial charge in [0, 0.05) is 30.7 Å². The van der Waals surface area contributed by atoms with E-state index in [1.807, 2.05) is 0 Å². The number of aryl methyl sites for hydroxylation is 3. The number of hydrogen-bond acceptors (Lipinski definition) is 1. The van der Waals surface area contributed by atoms with E-state index in [9.17, 15) is 0 Å². The summed E-state index contributed by atoms with van der Waals surface area (Å²) in [4.78, 5) is 0. The van der Waals surface area contributed by atoms with Gasteiger partial charge in [0.2, 0.25) is 0 Å². The van der Waals surface area contributed by atoms with Crippen molar-refractivity contribution in [1.82, 2.24) is 4.57 Å². The van der Waals surface area contributed by atoms with Crippen molar-refractivity contribution in [3.8, 4) is 39.3 Å². The fraction of sp³-hybridized carbons (Fsp3) is 0.245. The summed E-state index contributed by atoms with van der Waals surface area (Å²) in [5.41, 5.74) is 17.0. The topological polar surface area (TPSA) is 21.9 Å². The summed E-state index contributed by atoms with van der Waals surface area (Å²) in [6.45, 7) is 16.4. The molecule has 3 nitrogen and oxygen atoms in total. The molecule has 0 saturated heterocycles. The van der Waals surface area contributed by atoms with Crippen molar-refractivity contribution in [3.05, 3.63) is 144 Å². The Bertz CT molecular complexity index is 2580. The number of fused-ring (bicyclic) bond motifs is 4. The third-order valence-corrected chi connectivity index (χ3v) is 12.3. The van der Waals surface area contributed by atoms with Crippen LogP contribution in [0, 0.1) is 6.92 Å². The maximum atomic E-state index is 6.96. The Balaban J connectivity index is 1.38. The van der Waals surface area contributed by atoms with Crippen LogP contribution in [0.15, 0.2) is 126 Å². The summed E-state index contributed by atoms with van der Waals surface area (Å²) in [7, 11) is 1.93. The smallest absolute Gasteiger partial charge is 0.299 e. The van der Waals surface area contributed by atoms with Crippen molar-refractivity contribution in [1.29, 1.82) is 0 Å². The summed E-state index contributed by atoms with van der Waals surface area (Å²) < 4.78 is 11.9. The van der Waals surface area contributed by atoms with Gasteiger partial charge in [0.25, 0.3) is 5.82 Å². The van der Waals surface area contributed by atoms with E-state index in [1.165, 1.54) is 78.0 Å². The average Bonchev–Trinajstić information content (AvgIpc) is 3.67. The zero-order valence-corrected chi connectivity index (χ0v) is 33.4. The molecule has 53 heavy (non-hydrogen) atoms. The summed E-state index contributed by atoms with van der Waals surface area (Å²) in [5, 5.41) is 2.35. The standard InChI is InChI=1S/C49H50N2OSi/c1-31(2)41-29-38(37-22-20-36(21-23-37)35-14-10-9-11-15-35)30-42(32(3)4)47(41)51-44-17-13-12-16-43(44)50(6)49(51)46-33(5)18-24-40-39-25-19-34(26-27-53(7)8)28-45(39)52-48(40)46/h9-25,28-32H,26-27H2,1-8H3/q+1. The Labute approximate surface area is 316 Å². The Morgan fingerprint density at radius 2 is 1.26 bits per heavy atom. The molecule has 1 radical (unpaired) electrons. The zero-order valence-electron chi connectivity index (χ0n) is 32.4. The van der Waals surface area contributed by atoms with Crippen molar-refractivity contribution in [3.63, 3.8) is 0 Å². The van der Waals surface area contributed by atoms with Gasteiger partial charge in [-0.1, -0.05) is 138 Å². The molecular formula is C49H50N2OSi+. The highest BCUT2D eigenvalue weighted by Crippen LogP contribution is 2.43. The minimum Gasteiger partial charge on any atom is -0.455 e. The van der Waals surface area contributed by atoms with Crippen LogP contribution in [0.3, 0.4) is 0 Å². The number of para-hydroxylation sites is 2. The van der Waals surface area contributed by atoms with Gasteiger partial charge in [-0.2, -0.15) is 4.57 Å². The number of nitrogens with zero attached hydrogens (tertiary/aromatic N) is 2. The van der Waals surface area contributed by atoms with Gasteiger partial charge in [-0.25, -0.2) is 4.57 Å². The Morgan fingerprint density at radius 3 is 1.92 bits per heavy atom. The Morgan fingerprint density at radius 1 is 0.660 bits per heavy atom. The maximum absolute atomic E-state index is 6.96. The fourth-order valence-electron chi connectivity index (χ4n) is 8.10. The second-order valence-electron chi connectivity index (χ2n) is 15.7. The summed E-state index contributed by atoms with van der Waals surface area (Å²) in [6.07, 6.45) is 1.10. The van der Waals surface area contributed by atoms with E-state index in [1.54, 1.807) is 0 Å². The molecule has 6 aromatic carbocycles. The van der Waals surface area contributed by atoms with Crippen molar-refractivity contribution < 1.29 is 8.98 Å². The molecule has 0 aliphatic carbocycles. The minimum atomic E-state index is -0.291. The van der Waals surface area contributed by atoms with Crippen LogP contribution in [0.1, 0.15) is 61.8 Å². The van der Waals surface area contributed by atoms with E-state index in [4.69, 9.17) is 4.42 Å². The van der Waals surface area contributed by atoms with Crippen molar-refractivity contribution in [2.75, 3.05) is 0 Å². The van der Waals surface area contributed by atoms with Crippen LogP contribution in [0.25, 0.3) is 72.3 Å². The SMILES string of the molecule is Cc1ccc2c(oc3cc(CC[Si](C)C)ccc32)c1-c1n(-c2c(C(C)C)cc(-c3ccc(-c4ccccc4)cc3)cc2C(C)C)c2ccccc2[n+]1C. The molecule has 4 heteroatoms. The summed E-state index contributed by atoms with van der Waals surface area (Å²) in [6, 6.07) is 46.1. The number of imidazole rings is 1. The molecule has 8 rings (SSSR count). The first-order valence-electron chi connectivity index (χ1n) is 19.2. The molecule has 0 unspecified atom stereocenters. The molecule has 0 fully saturated rings. The van der Waals surface area contributed by atoms with Gasteiger partial charge in [-0.3, -0.25) is 0 Å². The van der Waals surface area contributed by atoms with Gasteiger partial charge in [-0.15, -0.1) is 0 Å². The van der Waals surface area contributed by atoms with Gasteiger partial charge in [0.05, 0.1) is 7.05 Å². The lowest BCUT2D eigenvalue weighted by atomic mass is 9.87. The highest BCUT2D eigenvalue weighted by molar-refractivity contribution is 6.55. The predicted octanol–water partition coefficient (Wildman–Crippen LogP) is 13.2. The molecule has 2 aromatic heterocycles. The molecule has 0 spiro atoms. The molecule has 2 heterocycles. The van der Waals surface area contributed by atoms with Gasteiger partial charge in [-0.05, 0) is 88.9 Å². The number of furan rings is 1. The van der Waals surface area contributed by atoms with Gasteiger partial charge < -0.3 is 4.42 Å². The molecule has 265 valence electrons. The molecule has 0 N–H and O–H groups in total. The maximum Gasteiger partial charge on any atom is 0.299 e. The number of hydrogen-bond donors (Lipinski definition) is 0. The lowest BCUT2D eigenvalue weighted by Gasteiger charge is -2.21. The van der Waals surface area contributed by atoms with Crippen molar-refractivity contribution in [2.24, 2.45) is 7.05 Å². The first-order chi connectivity index (χ1) is 25.6. The van der Waals surface area contributed by atoms with Crippen LogP contribution in [0.2, 0.25) is 19.1 Å². The van der Waals surface area contributed by atoms with E-state index in [-0.39, 0.29) is 8.80 Å². The number of benzene rings is 6. The summed E-state index contributed by atoms with van der Waals surface area (Å²) >= 11 is 0. The van der Waals surface area contributed by atoms with Gasteiger partial charge in [0.1, 0.15) is 16.8 Å². The first kappa shape index (κ1) is 34.9. The zero-order chi connectivity index (χ0) is 37.0. The number of aromatic nitrogens is 2. The van der Waals surface area contributed by atoms with Crippen LogP contribution < -0.4 is 4.57 Å². The van der Waals surface area contributed by atoms with E-state index in [2.05, 4.69) is 185 Å². The lowest BCUT2D eigenvalue weighted by molar-refractivity contribution is -0.633. The molecule has 0 amide bonds. The second-order valence-corrected chi connectivity index (χ2v) is 18.7. The van der Waals surface area contributed by atoms with Crippen LogP contribution in [0.5, 0.6) is 0 Å². The first-order valence-corrected chi connectivity index (χ1v) is 21.9. The highest BCUT2D eigenvalue weighted by atomic mass is 28.3. The molecule has 0 aliphatic heterocycles. The quantitative estimate of drug-likeness (QED) is 0.108. The third-order valence-electron chi connectivity index (χ3n) is 11.0. The van der Waals surface area contributed by atoms with Crippen molar-refractivity contribution >= 4 is 41.8 Å². The lowest BCUT2D eigenvalue weighted by Crippen LogP contribution is -2.30. The van der Waals surface area contributed by atoms with E-state index in [0.717, 1.165) is 29.0 Å². The van der Waals surface area contributed by atoms with E-state index >= 15 is 0 Å². The van der Waals surface area contributed by atoms with Crippen LogP contribution in [-0.2, 0) is 13.5 Å². The molecule has 0 saturated carbocycles. The predicted molar refractivity (Wildman–Crippen MR) is 227 cm³/mol. The largest absolute Gasteiger partial charge is 0.455 e. The Kier molecular flexibility index (Phi) is 9.20. The molecule has 0 aliphatic rings. The monoisotopic (exact) mass is 710 g/mol. The van der Waals surface area contributed by atoms with E-state index in [0.29, 0.717) is 11.8 Å². The van der Waals surface area contributed by atoms with Crippen LogP contribution >= 0.6 is 0 Å². The van der Waals surface area contributed by atoms with E-state index < -0.39 is 0 Å². The van der Waals surface area contributed by atoms with Crippen molar-refractivity contribution in [2.45, 2.75) is 72.0 Å². The van der Waals surface area contributed by atoms with Gasteiger partial charge in [0.15, 0.2) is 16.6 Å². The minimum absolute atomic E-state index is 0.291. The molecule has 8 aromatic rings. The normalized spacial score (nSPS) is 12.1. The Hall–Kier alpha value is -5.19. The van der Waals surface area contributed by atoms with Crippen LogP contribution in [0.4, 0.5) is 0 Å². The van der Waals surface area contributed by atoms with Gasteiger partial charge >= 0.3 is 0 Å². The number of rotatable bonds is 9. The molecule has 0 atom stereocenters. The average molecular weight is 711 g/mol. The molecular weight excluding hydrogens is 661 g/mol. The summed E-state index contributed by atoms with van der Waals surface area (Å²) in [5.74, 6) is 1.72. The highest BCUT2D eigenvalue weighted by Gasteiger charge is 2.34. The fourth-order valence-corrected chi connectivity index (χ4v) is 8.89. The van der Waals surface area contributed by atoms with Crippen LogP contribution in [-0.4, -0.2) is 13.4 Å². The second kappa shape index (κ2) is 14.0. The third kappa shape index (κ3) is 6.23.